The number of nitrogens with zero attached hydrogens (tertiary/aromatic N) is 5. The lowest BCUT2D eigenvalue weighted by molar-refractivity contribution is -0.126. The van der Waals surface area contributed by atoms with Crippen molar-refractivity contribution < 1.29 is 14.3 Å². The molecule has 0 spiro atoms. The maximum Gasteiger partial charge on any atom is 0.319 e. The van der Waals surface area contributed by atoms with Crippen molar-refractivity contribution in [2.24, 2.45) is 0 Å². The van der Waals surface area contributed by atoms with Gasteiger partial charge >= 0.3 is 6.03 Å². The van der Waals surface area contributed by atoms with Crippen molar-refractivity contribution in [2.45, 2.75) is 52.0 Å². The number of ether oxygens (including phenoxy) is 1. The lowest BCUT2D eigenvalue weighted by Crippen LogP contribution is -2.47. The summed E-state index contributed by atoms with van der Waals surface area (Å²) in [7, 11) is 3.51. The minimum Gasteiger partial charge on any atom is -0.375 e. The molecule has 1 N–H and O–H groups in total. The van der Waals surface area contributed by atoms with Crippen molar-refractivity contribution in [1.82, 2.24) is 29.8 Å². The number of hydrogen-bond donors (Lipinski definition) is 1. The van der Waals surface area contributed by atoms with E-state index in [1.165, 1.54) is 0 Å². The van der Waals surface area contributed by atoms with E-state index in [2.05, 4.69) is 29.2 Å². The van der Waals surface area contributed by atoms with Gasteiger partial charge in [-0.2, -0.15) is 5.10 Å². The first-order valence-corrected chi connectivity index (χ1v) is 9.97. The fraction of sp³-hybridized carbons (Fsp3) is 0.737. The molecule has 0 aromatic carbocycles. The van der Waals surface area contributed by atoms with Gasteiger partial charge in [0.1, 0.15) is 0 Å². The number of urea groups is 1. The van der Waals surface area contributed by atoms with Crippen LogP contribution >= 0.6 is 0 Å². The highest BCUT2D eigenvalue weighted by molar-refractivity contribution is 5.76. The highest BCUT2D eigenvalue weighted by Crippen LogP contribution is 2.15. The molecule has 1 unspecified atom stereocenters. The number of morpholine rings is 1. The molecule has 1 aromatic heterocycles. The first-order chi connectivity index (χ1) is 13.3. The molecule has 2 aliphatic rings. The maximum absolute atomic E-state index is 12.3. The highest BCUT2D eigenvalue weighted by Gasteiger charge is 2.25. The van der Waals surface area contributed by atoms with E-state index in [0.717, 1.165) is 24.5 Å². The molecule has 1 saturated heterocycles. The van der Waals surface area contributed by atoms with Crippen LogP contribution in [-0.4, -0.2) is 88.9 Å². The smallest absolute Gasteiger partial charge is 0.319 e. The molecule has 3 rings (SSSR count). The zero-order valence-electron chi connectivity index (χ0n) is 17.3. The monoisotopic (exact) mass is 392 g/mol. The van der Waals surface area contributed by atoms with Crippen LogP contribution in [0.25, 0.3) is 0 Å². The first-order valence-electron chi connectivity index (χ1n) is 9.97. The Morgan fingerprint density at radius 2 is 2.11 bits per heavy atom. The van der Waals surface area contributed by atoms with E-state index >= 15 is 0 Å². The summed E-state index contributed by atoms with van der Waals surface area (Å²) in [6.07, 6.45) is 0.305. The normalized spacial score (nSPS) is 20.2. The van der Waals surface area contributed by atoms with Crippen LogP contribution in [0.5, 0.6) is 0 Å². The summed E-state index contributed by atoms with van der Waals surface area (Å²) >= 11 is 0. The number of rotatable bonds is 5. The van der Waals surface area contributed by atoms with Crippen LogP contribution in [0.3, 0.4) is 0 Å². The molecule has 0 saturated carbocycles. The molecule has 2 aliphatic heterocycles. The molecule has 3 heterocycles. The molecule has 1 atom stereocenters. The third kappa shape index (κ3) is 5.02. The lowest BCUT2D eigenvalue weighted by Gasteiger charge is -2.35. The van der Waals surface area contributed by atoms with Crippen LogP contribution in [0, 0.1) is 0 Å². The Bertz CT molecular complexity index is 702. The van der Waals surface area contributed by atoms with Crippen molar-refractivity contribution in [1.29, 1.82) is 0 Å². The van der Waals surface area contributed by atoms with Gasteiger partial charge in [-0.1, -0.05) is 0 Å². The van der Waals surface area contributed by atoms with Gasteiger partial charge in [0.15, 0.2) is 0 Å². The van der Waals surface area contributed by atoms with E-state index in [0.29, 0.717) is 45.2 Å². The largest absolute Gasteiger partial charge is 0.375 e. The first kappa shape index (κ1) is 20.6. The zero-order chi connectivity index (χ0) is 20.3. The van der Waals surface area contributed by atoms with Gasteiger partial charge in [0.2, 0.25) is 5.91 Å². The van der Waals surface area contributed by atoms with Gasteiger partial charge in [0.05, 0.1) is 50.2 Å². The SMILES string of the molecule is CC(C)N1CCOC(CC(=O)NCc2cc3n(n2)CCN(C(=O)N(C)C)C3)C1. The maximum atomic E-state index is 12.3. The summed E-state index contributed by atoms with van der Waals surface area (Å²) in [6.45, 7) is 8.95. The Hall–Kier alpha value is -2.13. The number of hydrogen-bond acceptors (Lipinski definition) is 5. The van der Waals surface area contributed by atoms with E-state index in [1.807, 2.05) is 10.7 Å². The molecular formula is C19H32N6O3. The summed E-state index contributed by atoms with van der Waals surface area (Å²) in [5, 5.41) is 7.50. The van der Waals surface area contributed by atoms with Crippen molar-refractivity contribution in [3.63, 3.8) is 0 Å². The third-order valence-electron chi connectivity index (χ3n) is 5.28. The molecular weight excluding hydrogens is 360 g/mol. The topological polar surface area (TPSA) is 82.9 Å². The Kier molecular flexibility index (Phi) is 6.56. The second kappa shape index (κ2) is 8.91. The summed E-state index contributed by atoms with van der Waals surface area (Å²) in [6, 6.07) is 2.43. The van der Waals surface area contributed by atoms with Gasteiger partial charge in [0, 0.05) is 39.8 Å². The molecule has 0 aliphatic carbocycles. The predicted octanol–water partition coefficient (Wildman–Crippen LogP) is 0.496. The minimum absolute atomic E-state index is 0.00484. The van der Waals surface area contributed by atoms with Gasteiger partial charge in [-0.15, -0.1) is 0 Å². The number of nitrogens with one attached hydrogen (secondary N) is 1. The Labute approximate surface area is 166 Å². The molecule has 156 valence electrons. The molecule has 1 aromatic rings. The van der Waals surface area contributed by atoms with Crippen LogP contribution in [0.1, 0.15) is 31.7 Å². The van der Waals surface area contributed by atoms with E-state index in [4.69, 9.17) is 4.74 Å². The summed E-state index contributed by atoms with van der Waals surface area (Å²) < 4.78 is 7.66. The average molecular weight is 393 g/mol. The van der Waals surface area contributed by atoms with Crippen LogP contribution < -0.4 is 5.32 Å². The number of aromatic nitrogens is 2. The molecule has 9 nitrogen and oxygen atoms in total. The van der Waals surface area contributed by atoms with Crippen LogP contribution in [0.4, 0.5) is 4.79 Å². The summed E-state index contributed by atoms with van der Waals surface area (Å²) in [5.74, 6) is -0.0222. The predicted molar refractivity (Wildman–Crippen MR) is 105 cm³/mol. The Morgan fingerprint density at radius 1 is 1.32 bits per heavy atom. The van der Waals surface area contributed by atoms with Gasteiger partial charge < -0.3 is 19.9 Å². The molecule has 1 fully saturated rings. The second-order valence-electron chi connectivity index (χ2n) is 8.01. The van der Waals surface area contributed by atoms with E-state index < -0.39 is 0 Å². The van der Waals surface area contributed by atoms with Gasteiger partial charge in [-0.3, -0.25) is 14.4 Å². The Morgan fingerprint density at radius 3 is 2.82 bits per heavy atom. The van der Waals surface area contributed by atoms with Gasteiger partial charge in [0.25, 0.3) is 0 Å². The van der Waals surface area contributed by atoms with E-state index in [9.17, 15) is 9.59 Å². The van der Waals surface area contributed by atoms with E-state index in [1.54, 1.807) is 23.9 Å². The van der Waals surface area contributed by atoms with E-state index in [-0.39, 0.29) is 18.0 Å². The standard InChI is InChI=1S/C19H32N6O3/c1-14(2)23-7-8-28-17(13-23)10-18(26)20-11-15-9-16-12-24(19(27)22(3)4)5-6-25(16)21-15/h9,14,17H,5-8,10-13H2,1-4H3,(H,20,26). The second-order valence-corrected chi connectivity index (χ2v) is 8.01. The van der Waals surface area contributed by atoms with Crippen molar-refractivity contribution in [3.05, 3.63) is 17.5 Å². The van der Waals surface area contributed by atoms with Crippen LogP contribution in [-0.2, 0) is 29.2 Å². The number of amides is 3. The molecule has 3 amide bonds. The summed E-state index contributed by atoms with van der Waals surface area (Å²) in [5.41, 5.74) is 1.81. The number of carbonyl (C=O) groups excluding carboxylic acids is 2. The average Bonchev–Trinajstić information content (AvgIpc) is 3.08. The van der Waals surface area contributed by atoms with Gasteiger partial charge in [-0.25, -0.2) is 4.79 Å². The lowest BCUT2D eigenvalue weighted by atomic mass is 10.1. The molecule has 28 heavy (non-hydrogen) atoms. The van der Waals surface area contributed by atoms with Crippen molar-refractivity contribution >= 4 is 11.9 Å². The van der Waals surface area contributed by atoms with Gasteiger partial charge in [-0.05, 0) is 19.9 Å². The minimum atomic E-state index is -0.0584. The molecule has 9 heteroatoms. The summed E-state index contributed by atoms with van der Waals surface area (Å²) in [4.78, 5) is 30.2. The van der Waals surface area contributed by atoms with Crippen molar-refractivity contribution in [2.75, 3.05) is 40.3 Å². The fourth-order valence-corrected chi connectivity index (χ4v) is 3.66. The Balaban J connectivity index is 1.48. The number of carbonyl (C=O) groups is 2. The third-order valence-corrected chi connectivity index (χ3v) is 5.28. The van der Waals surface area contributed by atoms with Crippen LogP contribution in [0.15, 0.2) is 6.07 Å². The van der Waals surface area contributed by atoms with Crippen molar-refractivity contribution in [3.8, 4) is 0 Å². The fourth-order valence-electron chi connectivity index (χ4n) is 3.66. The quantitative estimate of drug-likeness (QED) is 0.789. The van der Waals surface area contributed by atoms with Crippen LogP contribution in [0.2, 0.25) is 0 Å². The molecule has 0 bridgehead atoms. The zero-order valence-corrected chi connectivity index (χ0v) is 17.3. The highest BCUT2D eigenvalue weighted by atomic mass is 16.5. The molecule has 0 radical (unpaired) electrons. The number of fused-ring (bicyclic) bond motifs is 1.